The summed E-state index contributed by atoms with van der Waals surface area (Å²) in [4.78, 5) is 3.84. The molecule has 1 rings (SSSR count). The average Bonchev–Trinajstić information content (AvgIpc) is 2.34. The predicted octanol–water partition coefficient (Wildman–Crippen LogP) is 0.692. The van der Waals surface area contributed by atoms with Gasteiger partial charge in [-0.1, -0.05) is 0 Å². The van der Waals surface area contributed by atoms with E-state index in [2.05, 4.69) is 4.98 Å². The molecule has 0 aliphatic heterocycles. The minimum Gasteiger partial charge on any atom is -0.386 e. The van der Waals surface area contributed by atoms with Gasteiger partial charge in [-0.2, -0.15) is 0 Å². The van der Waals surface area contributed by atoms with Gasteiger partial charge in [-0.15, -0.1) is 11.6 Å². The number of aromatic nitrogens is 2. The Morgan fingerprint density at radius 2 is 2.60 bits per heavy atom. The number of nitrogens with zero attached hydrogens (tertiary/aromatic N) is 2. The van der Waals surface area contributed by atoms with Crippen LogP contribution in [-0.4, -0.2) is 20.5 Å². The smallest absolute Gasteiger partial charge is 0.109 e. The van der Waals surface area contributed by atoms with Crippen LogP contribution in [0, 0.1) is 0 Å². The zero-order valence-corrected chi connectivity index (χ0v) is 6.41. The highest BCUT2D eigenvalue weighted by atomic mass is 35.5. The number of aliphatic hydroxyl groups excluding tert-OH is 1. The van der Waals surface area contributed by atoms with Gasteiger partial charge in [0.05, 0.1) is 24.1 Å². The molecule has 1 atom stereocenters. The third kappa shape index (κ3) is 1.30. The molecule has 0 saturated heterocycles. The molecule has 1 aromatic rings. The SMILES string of the molecule is Cn1cncc1C(O)CCl. The molecule has 1 N–H and O–H groups in total. The lowest BCUT2D eigenvalue weighted by Crippen LogP contribution is -2.03. The highest BCUT2D eigenvalue weighted by Gasteiger charge is 2.08. The van der Waals surface area contributed by atoms with Crippen molar-refractivity contribution in [3.63, 3.8) is 0 Å². The summed E-state index contributed by atoms with van der Waals surface area (Å²) in [5.74, 6) is 0.208. The molecule has 0 saturated carbocycles. The predicted molar refractivity (Wildman–Crippen MR) is 38.9 cm³/mol. The van der Waals surface area contributed by atoms with Crippen LogP contribution in [0.3, 0.4) is 0 Å². The Bertz CT molecular complexity index is 211. The Kier molecular flexibility index (Phi) is 2.29. The maximum absolute atomic E-state index is 9.21. The summed E-state index contributed by atoms with van der Waals surface area (Å²) in [6.07, 6.45) is 2.63. The van der Waals surface area contributed by atoms with Gasteiger partial charge in [0.15, 0.2) is 0 Å². The van der Waals surface area contributed by atoms with E-state index < -0.39 is 6.10 Å². The monoisotopic (exact) mass is 160 g/mol. The summed E-state index contributed by atoms with van der Waals surface area (Å²) in [7, 11) is 1.82. The van der Waals surface area contributed by atoms with Crippen LogP contribution >= 0.6 is 11.6 Å². The largest absolute Gasteiger partial charge is 0.386 e. The van der Waals surface area contributed by atoms with Gasteiger partial charge in [0.25, 0.3) is 0 Å². The van der Waals surface area contributed by atoms with Crippen molar-refractivity contribution in [2.75, 3.05) is 5.88 Å². The number of rotatable bonds is 2. The first kappa shape index (κ1) is 7.57. The molecule has 10 heavy (non-hydrogen) atoms. The minimum absolute atomic E-state index is 0.208. The van der Waals surface area contributed by atoms with E-state index >= 15 is 0 Å². The van der Waals surface area contributed by atoms with Crippen LogP contribution in [0.5, 0.6) is 0 Å². The van der Waals surface area contributed by atoms with Gasteiger partial charge in [0.1, 0.15) is 6.10 Å². The quantitative estimate of drug-likeness (QED) is 0.647. The van der Waals surface area contributed by atoms with Crippen LogP contribution in [0.25, 0.3) is 0 Å². The second-order valence-corrected chi connectivity index (χ2v) is 2.41. The van der Waals surface area contributed by atoms with Crippen molar-refractivity contribution in [3.05, 3.63) is 18.2 Å². The van der Waals surface area contributed by atoms with E-state index in [-0.39, 0.29) is 5.88 Å². The zero-order valence-electron chi connectivity index (χ0n) is 5.66. The number of hydrogen-bond acceptors (Lipinski definition) is 2. The van der Waals surface area contributed by atoms with Gasteiger partial charge >= 0.3 is 0 Å². The molecule has 0 spiro atoms. The lowest BCUT2D eigenvalue weighted by Gasteiger charge is -2.05. The van der Waals surface area contributed by atoms with Crippen molar-refractivity contribution in [1.82, 2.24) is 9.55 Å². The molecule has 56 valence electrons. The van der Waals surface area contributed by atoms with E-state index in [1.54, 1.807) is 17.1 Å². The number of halogens is 1. The standard InChI is InChI=1S/C6H9ClN2O/c1-9-4-8-3-5(9)6(10)2-7/h3-4,6,10H,2H2,1H3. The molecular weight excluding hydrogens is 152 g/mol. The van der Waals surface area contributed by atoms with Gasteiger partial charge in [0, 0.05) is 7.05 Å². The van der Waals surface area contributed by atoms with Crippen LogP contribution in [0.4, 0.5) is 0 Å². The van der Waals surface area contributed by atoms with E-state index in [9.17, 15) is 5.11 Å². The summed E-state index contributed by atoms with van der Waals surface area (Å²) >= 11 is 5.42. The fraction of sp³-hybridized carbons (Fsp3) is 0.500. The van der Waals surface area contributed by atoms with Gasteiger partial charge in [-0.05, 0) is 0 Å². The molecule has 1 heterocycles. The maximum Gasteiger partial charge on any atom is 0.109 e. The van der Waals surface area contributed by atoms with Gasteiger partial charge in [-0.3, -0.25) is 0 Å². The zero-order chi connectivity index (χ0) is 7.56. The topological polar surface area (TPSA) is 38.0 Å². The molecule has 0 radical (unpaired) electrons. The van der Waals surface area contributed by atoms with Crippen molar-refractivity contribution in [2.24, 2.45) is 7.05 Å². The number of aryl methyl sites for hydroxylation is 1. The first-order chi connectivity index (χ1) is 4.75. The van der Waals surface area contributed by atoms with Crippen LogP contribution in [0.15, 0.2) is 12.5 Å². The minimum atomic E-state index is -0.603. The van der Waals surface area contributed by atoms with Crippen molar-refractivity contribution >= 4 is 11.6 Å². The normalized spacial score (nSPS) is 13.5. The van der Waals surface area contributed by atoms with E-state index in [1.807, 2.05) is 7.05 Å². The van der Waals surface area contributed by atoms with Crippen molar-refractivity contribution < 1.29 is 5.11 Å². The lowest BCUT2D eigenvalue weighted by molar-refractivity contribution is 0.194. The van der Waals surface area contributed by atoms with Gasteiger partial charge < -0.3 is 9.67 Å². The Morgan fingerprint density at radius 3 is 3.00 bits per heavy atom. The molecule has 4 heteroatoms. The average molecular weight is 161 g/mol. The van der Waals surface area contributed by atoms with E-state index in [1.165, 1.54) is 0 Å². The van der Waals surface area contributed by atoms with Gasteiger partial charge in [-0.25, -0.2) is 4.98 Å². The first-order valence-corrected chi connectivity index (χ1v) is 3.49. The van der Waals surface area contributed by atoms with Crippen LogP contribution in [0.2, 0.25) is 0 Å². The number of hydrogen-bond donors (Lipinski definition) is 1. The summed E-state index contributed by atoms with van der Waals surface area (Å²) in [5.41, 5.74) is 0.745. The Labute approximate surface area is 64.3 Å². The van der Waals surface area contributed by atoms with Crippen LogP contribution in [0.1, 0.15) is 11.8 Å². The summed E-state index contributed by atoms with van der Waals surface area (Å²) in [5, 5.41) is 9.21. The number of imidazole rings is 1. The number of alkyl halides is 1. The molecule has 0 fully saturated rings. The Morgan fingerprint density at radius 1 is 1.90 bits per heavy atom. The fourth-order valence-corrected chi connectivity index (χ4v) is 0.926. The molecular formula is C6H9ClN2O. The highest BCUT2D eigenvalue weighted by Crippen LogP contribution is 2.11. The second-order valence-electron chi connectivity index (χ2n) is 2.10. The molecule has 3 nitrogen and oxygen atoms in total. The van der Waals surface area contributed by atoms with Crippen LogP contribution < -0.4 is 0 Å². The van der Waals surface area contributed by atoms with E-state index in [0.717, 1.165) is 5.69 Å². The summed E-state index contributed by atoms with van der Waals surface area (Å²) in [6.45, 7) is 0. The third-order valence-electron chi connectivity index (χ3n) is 1.34. The van der Waals surface area contributed by atoms with Crippen molar-refractivity contribution in [1.29, 1.82) is 0 Å². The van der Waals surface area contributed by atoms with Crippen molar-refractivity contribution in [2.45, 2.75) is 6.10 Å². The van der Waals surface area contributed by atoms with Gasteiger partial charge in [0.2, 0.25) is 0 Å². The summed E-state index contributed by atoms with van der Waals surface area (Å²) < 4.78 is 1.74. The van der Waals surface area contributed by atoms with Crippen molar-refractivity contribution in [3.8, 4) is 0 Å². The second kappa shape index (κ2) is 3.03. The van der Waals surface area contributed by atoms with Crippen LogP contribution in [-0.2, 0) is 7.05 Å². The third-order valence-corrected chi connectivity index (χ3v) is 1.63. The fourth-order valence-electron chi connectivity index (χ4n) is 0.768. The highest BCUT2D eigenvalue weighted by molar-refractivity contribution is 6.18. The molecule has 0 aliphatic carbocycles. The molecule has 1 aromatic heterocycles. The van der Waals surface area contributed by atoms with E-state index in [0.29, 0.717) is 0 Å². The summed E-state index contributed by atoms with van der Waals surface area (Å²) in [6, 6.07) is 0. The van der Waals surface area contributed by atoms with E-state index in [4.69, 9.17) is 11.6 Å². The first-order valence-electron chi connectivity index (χ1n) is 2.96. The molecule has 0 amide bonds. The molecule has 1 unspecified atom stereocenters. The number of aliphatic hydroxyl groups is 1. The lowest BCUT2D eigenvalue weighted by atomic mass is 10.3. The Balaban J connectivity index is 2.82. The Hall–Kier alpha value is -0.540. The molecule has 0 bridgehead atoms. The molecule has 0 aromatic carbocycles. The molecule has 0 aliphatic rings. The maximum atomic E-state index is 9.21.